The molecule has 150 valence electrons. The number of hydrogen-bond acceptors (Lipinski definition) is 6. The van der Waals surface area contributed by atoms with E-state index in [2.05, 4.69) is 10.5 Å². The summed E-state index contributed by atoms with van der Waals surface area (Å²) < 4.78 is 16.3. The van der Waals surface area contributed by atoms with Gasteiger partial charge in [-0.05, 0) is 56.7 Å². The van der Waals surface area contributed by atoms with Crippen LogP contribution in [0.25, 0.3) is 0 Å². The topological polar surface area (TPSA) is 89.4 Å². The number of nitrogens with zero attached hydrogens (tertiary/aromatic N) is 1. The van der Waals surface area contributed by atoms with E-state index in [9.17, 15) is 9.90 Å². The van der Waals surface area contributed by atoms with Crippen LogP contribution in [0.1, 0.15) is 36.7 Å². The lowest BCUT2D eigenvalue weighted by molar-refractivity contribution is 0.0954. The Labute approximate surface area is 168 Å². The Kier molecular flexibility index (Phi) is 7.95. The second kappa shape index (κ2) is 10.4. The number of nitrogens with one attached hydrogen (secondary N) is 1. The molecule has 0 saturated carbocycles. The highest BCUT2D eigenvalue weighted by Gasteiger charge is 2.12. The third kappa shape index (κ3) is 5.53. The fraction of sp³-hybridized carbons (Fsp3) is 0.300. The van der Waals surface area contributed by atoms with E-state index in [1.807, 2.05) is 13.8 Å². The third-order valence-electron chi connectivity index (χ3n) is 3.54. The molecule has 8 heteroatoms. The smallest absolute Gasteiger partial charge is 0.271 e. The molecule has 0 radical (unpaired) electrons. The van der Waals surface area contributed by atoms with Crippen LogP contribution in [0.2, 0.25) is 5.02 Å². The molecule has 0 saturated heterocycles. The molecule has 0 atom stereocenters. The fourth-order valence-electron chi connectivity index (χ4n) is 2.36. The number of phenols is 1. The summed E-state index contributed by atoms with van der Waals surface area (Å²) in [6.45, 7) is 6.84. The first-order chi connectivity index (χ1) is 13.5. The van der Waals surface area contributed by atoms with Crippen molar-refractivity contribution in [3.05, 3.63) is 46.5 Å². The van der Waals surface area contributed by atoms with Crippen LogP contribution in [-0.4, -0.2) is 37.0 Å². The van der Waals surface area contributed by atoms with Crippen molar-refractivity contribution in [2.75, 3.05) is 19.8 Å². The van der Waals surface area contributed by atoms with Gasteiger partial charge in [0.2, 0.25) is 0 Å². The van der Waals surface area contributed by atoms with Gasteiger partial charge >= 0.3 is 0 Å². The van der Waals surface area contributed by atoms with Crippen LogP contribution >= 0.6 is 11.6 Å². The fourth-order valence-corrected chi connectivity index (χ4v) is 2.58. The van der Waals surface area contributed by atoms with Gasteiger partial charge in [-0.2, -0.15) is 5.10 Å². The molecule has 0 unspecified atom stereocenters. The molecule has 0 heterocycles. The Morgan fingerprint density at radius 2 is 1.68 bits per heavy atom. The van der Waals surface area contributed by atoms with Crippen molar-refractivity contribution in [1.82, 2.24) is 5.43 Å². The van der Waals surface area contributed by atoms with Gasteiger partial charge in [0.1, 0.15) is 0 Å². The van der Waals surface area contributed by atoms with Gasteiger partial charge in [-0.25, -0.2) is 5.43 Å². The first-order valence-electron chi connectivity index (χ1n) is 8.88. The molecule has 0 aliphatic carbocycles. The molecule has 2 aromatic carbocycles. The third-order valence-corrected chi connectivity index (χ3v) is 3.82. The van der Waals surface area contributed by atoms with E-state index in [0.717, 1.165) is 0 Å². The van der Waals surface area contributed by atoms with Crippen LogP contribution in [-0.2, 0) is 0 Å². The first kappa shape index (κ1) is 21.4. The first-order valence-corrected chi connectivity index (χ1v) is 9.26. The molecular weight excluding hydrogens is 384 g/mol. The van der Waals surface area contributed by atoms with Gasteiger partial charge in [0, 0.05) is 5.56 Å². The average Bonchev–Trinajstić information content (AvgIpc) is 2.67. The Balaban J connectivity index is 2.12. The van der Waals surface area contributed by atoms with E-state index in [1.165, 1.54) is 12.3 Å². The highest BCUT2D eigenvalue weighted by Crippen LogP contribution is 2.34. The lowest BCUT2D eigenvalue weighted by Gasteiger charge is -2.11. The van der Waals surface area contributed by atoms with Gasteiger partial charge in [0.15, 0.2) is 23.0 Å². The Morgan fingerprint density at radius 3 is 2.36 bits per heavy atom. The predicted molar refractivity (Wildman–Crippen MR) is 108 cm³/mol. The maximum atomic E-state index is 12.3. The molecule has 7 nitrogen and oxygen atoms in total. The summed E-state index contributed by atoms with van der Waals surface area (Å²) in [5.74, 6) is 0.771. The molecule has 0 aliphatic heterocycles. The van der Waals surface area contributed by atoms with E-state index in [0.29, 0.717) is 42.4 Å². The average molecular weight is 407 g/mol. The summed E-state index contributed by atoms with van der Waals surface area (Å²) in [6, 6.07) is 8.00. The molecular formula is C20H23ClN2O5. The maximum absolute atomic E-state index is 12.3. The van der Waals surface area contributed by atoms with E-state index in [-0.39, 0.29) is 16.5 Å². The van der Waals surface area contributed by atoms with Crippen LogP contribution in [0.4, 0.5) is 0 Å². The van der Waals surface area contributed by atoms with Crippen molar-refractivity contribution >= 4 is 23.7 Å². The van der Waals surface area contributed by atoms with Crippen LogP contribution in [0, 0.1) is 0 Å². The van der Waals surface area contributed by atoms with E-state index >= 15 is 0 Å². The largest absolute Gasteiger partial charge is 0.503 e. The molecule has 28 heavy (non-hydrogen) atoms. The SMILES string of the molecule is CCOc1ccc(C(=O)N/N=C/c2cc(Cl)c(O)c(OCC)c2)cc1OCC. The van der Waals surface area contributed by atoms with Crippen molar-refractivity contribution < 1.29 is 24.1 Å². The molecule has 0 bridgehead atoms. The predicted octanol–water partition coefficient (Wildman–Crippen LogP) is 4.01. The van der Waals surface area contributed by atoms with Crippen molar-refractivity contribution in [2.24, 2.45) is 5.10 Å². The van der Waals surface area contributed by atoms with Crippen molar-refractivity contribution in [3.63, 3.8) is 0 Å². The summed E-state index contributed by atoms with van der Waals surface area (Å²) in [5.41, 5.74) is 3.38. The normalized spacial score (nSPS) is 10.7. The van der Waals surface area contributed by atoms with Gasteiger partial charge in [-0.3, -0.25) is 4.79 Å². The Morgan fingerprint density at radius 1 is 1.04 bits per heavy atom. The van der Waals surface area contributed by atoms with Gasteiger partial charge in [0.05, 0.1) is 31.1 Å². The molecule has 2 aromatic rings. The molecule has 2 rings (SSSR count). The lowest BCUT2D eigenvalue weighted by Crippen LogP contribution is -2.17. The van der Waals surface area contributed by atoms with Crippen LogP contribution in [0.3, 0.4) is 0 Å². The van der Waals surface area contributed by atoms with Crippen molar-refractivity contribution in [3.8, 4) is 23.0 Å². The summed E-state index contributed by atoms with van der Waals surface area (Å²) >= 11 is 5.97. The number of halogens is 1. The Bertz CT molecular complexity index is 855. The van der Waals surface area contributed by atoms with E-state index in [1.54, 1.807) is 31.2 Å². The van der Waals surface area contributed by atoms with E-state index in [4.69, 9.17) is 25.8 Å². The second-order valence-electron chi connectivity index (χ2n) is 5.51. The number of aromatic hydroxyl groups is 1. The summed E-state index contributed by atoms with van der Waals surface area (Å²) in [6.07, 6.45) is 1.41. The lowest BCUT2D eigenvalue weighted by atomic mass is 10.2. The molecule has 2 N–H and O–H groups in total. The zero-order valence-electron chi connectivity index (χ0n) is 16.0. The second-order valence-corrected chi connectivity index (χ2v) is 5.92. The van der Waals surface area contributed by atoms with Gasteiger partial charge in [0.25, 0.3) is 5.91 Å². The summed E-state index contributed by atoms with van der Waals surface area (Å²) in [7, 11) is 0. The van der Waals surface area contributed by atoms with E-state index < -0.39 is 5.91 Å². The molecule has 0 spiro atoms. The standard InChI is InChI=1S/C20H23ClN2O5/c1-4-26-16-8-7-14(11-17(16)27-5-2)20(25)23-22-12-13-9-15(21)19(24)18(10-13)28-6-3/h7-12,24H,4-6H2,1-3H3,(H,23,25)/b22-12+. The number of benzene rings is 2. The van der Waals surface area contributed by atoms with Crippen LogP contribution in [0.15, 0.2) is 35.4 Å². The van der Waals surface area contributed by atoms with Crippen LogP contribution < -0.4 is 19.6 Å². The summed E-state index contributed by atoms with van der Waals surface area (Å²) in [4.78, 5) is 12.3. The molecule has 0 aromatic heterocycles. The number of carbonyl (C=O) groups excluding carboxylic acids is 1. The quantitative estimate of drug-likeness (QED) is 0.485. The van der Waals surface area contributed by atoms with Gasteiger partial charge in [-0.15, -0.1) is 0 Å². The van der Waals surface area contributed by atoms with Crippen molar-refractivity contribution in [2.45, 2.75) is 20.8 Å². The zero-order chi connectivity index (χ0) is 20.5. The number of phenolic OH excluding ortho intramolecular Hbond substituents is 1. The number of hydrogen-bond donors (Lipinski definition) is 2. The molecule has 1 amide bonds. The highest BCUT2D eigenvalue weighted by atomic mass is 35.5. The number of hydrazone groups is 1. The molecule has 0 fully saturated rings. The van der Waals surface area contributed by atoms with Crippen LogP contribution in [0.5, 0.6) is 23.0 Å². The minimum absolute atomic E-state index is 0.131. The minimum Gasteiger partial charge on any atom is -0.503 e. The number of ether oxygens (including phenoxy) is 3. The summed E-state index contributed by atoms with van der Waals surface area (Å²) in [5, 5.41) is 13.9. The number of amides is 1. The zero-order valence-corrected chi connectivity index (χ0v) is 16.7. The van der Waals surface area contributed by atoms with Crippen molar-refractivity contribution in [1.29, 1.82) is 0 Å². The number of rotatable bonds is 9. The monoisotopic (exact) mass is 406 g/mol. The van der Waals surface area contributed by atoms with Gasteiger partial charge in [-0.1, -0.05) is 11.6 Å². The minimum atomic E-state index is -0.407. The highest BCUT2D eigenvalue weighted by molar-refractivity contribution is 6.32. The maximum Gasteiger partial charge on any atom is 0.271 e. The molecule has 0 aliphatic rings. The number of carbonyl (C=O) groups is 1. The van der Waals surface area contributed by atoms with Gasteiger partial charge < -0.3 is 19.3 Å². The Hall–Kier alpha value is -2.93.